The van der Waals surface area contributed by atoms with Crippen molar-refractivity contribution in [1.29, 1.82) is 0 Å². The van der Waals surface area contributed by atoms with E-state index in [1.54, 1.807) is 117 Å². The highest BCUT2D eigenvalue weighted by Gasteiger charge is 2.42. The maximum atomic E-state index is 15.7. The van der Waals surface area contributed by atoms with Gasteiger partial charge >= 0.3 is 0 Å². The first-order chi connectivity index (χ1) is 46.1. The second kappa shape index (κ2) is 37.2. The van der Waals surface area contributed by atoms with Gasteiger partial charge in [-0.15, -0.1) is 0 Å². The number of carbonyl (C=O) groups is 12. The molecule has 18 N–H and O–H groups in total. The molecule has 0 spiro atoms. The first kappa shape index (κ1) is 77.3. The number of primary amides is 2. The van der Waals surface area contributed by atoms with Crippen molar-refractivity contribution < 1.29 is 62.6 Å². The molecule has 27 nitrogen and oxygen atoms in total. The molecule has 0 saturated heterocycles. The number of nitrogens with one attached hydrogen (secondary N) is 7. The minimum Gasteiger partial charge on any atom is -0.506 e. The van der Waals surface area contributed by atoms with Crippen LogP contribution in [0.4, 0.5) is 0 Å². The molecule has 1 aliphatic rings. The molecule has 0 bridgehead atoms. The van der Waals surface area contributed by atoms with E-state index in [2.05, 4.69) is 36.9 Å². The molecule has 9 atom stereocenters. The topological polar surface area (TPSA) is 450 Å². The normalized spacial score (nSPS) is 14.9. The highest BCUT2D eigenvalue weighted by molar-refractivity contribution is 14.1. The molecule has 1 aromatic heterocycles. The van der Waals surface area contributed by atoms with Crippen LogP contribution in [0.5, 0.6) is 5.75 Å². The molecule has 520 valence electrons. The van der Waals surface area contributed by atoms with Gasteiger partial charge in [0.25, 0.3) is 17.7 Å². The Labute approximate surface area is 589 Å². The number of aromatic nitrogens is 1. The summed E-state index contributed by atoms with van der Waals surface area (Å²) >= 11 is 3.95. The Morgan fingerprint density at radius 1 is 0.629 bits per heavy atom. The summed E-state index contributed by atoms with van der Waals surface area (Å²) in [6.45, 7) is 7.08. The molecule has 0 aliphatic carbocycles. The highest BCUT2D eigenvalue weighted by atomic mass is 127. The summed E-state index contributed by atoms with van der Waals surface area (Å²) in [5.41, 5.74) is 31.7. The van der Waals surface area contributed by atoms with E-state index in [1.807, 2.05) is 59.0 Å². The zero-order chi connectivity index (χ0) is 71.2. The highest BCUT2D eigenvalue weighted by Crippen LogP contribution is 2.29. The molecule has 0 radical (unpaired) electrons. The zero-order valence-corrected chi connectivity index (χ0v) is 58.7. The smallest absolute Gasteiger partial charge is 0.268 e. The van der Waals surface area contributed by atoms with Crippen molar-refractivity contribution in [2.75, 3.05) is 13.1 Å². The van der Waals surface area contributed by atoms with Gasteiger partial charge in [-0.2, -0.15) is 0 Å². The fraction of sp³-hybridized carbons (Fsp3) is 0.412. The quantitative estimate of drug-likeness (QED) is 0.0200. The van der Waals surface area contributed by atoms with Gasteiger partial charge in [-0.25, -0.2) is 0 Å². The van der Waals surface area contributed by atoms with E-state index < -0.39 is 145 Å². The third kappa shape index (κ3) is 22.4. The Kier molecular flexibility index (Phi) is 29.6. The van der Waals surface area contributed by atoms with Crippen molar-refractivity contribution >= 4 is 127 Å². The average molecular weight is 1560 g/mol. The number of phenols is 1. The Bertz CT molecular complexity index is 3660. The van der Waals surface area contributed by atoms with Gasteiger partial charge in [-0.05, 0) is 143 Å². The lowest BCUT2D eigenvalue weighted by Gasteiger charge is -2.34. The van der Waals surface area contributed by atoms with E-state index in [0.29, 0.717) is 51.5 Å². The third-order valence-electron chi connectivity index (χ3n) is 16.2. The van der Waals surface area contributed by atoms with Crippen LogP contribution in [0.15, 0.2) is 115 Å². The number of H-pyrrole nitrogens is 1. The third-order valence-corrected chi connectivity index (χ3v) is 17.8. The van der Waals surface area contributed by atoms with E-state index in [0.717, 1.165) is 4.90 Å². The maximum Gasteiger partial charge on any atom is 0.268 e. The number of carbonyl (C=O) groups excluding carboxylic acids is 12. The van der Waals surface area contributed by atoms with Crippen LogP contribution < -0.4 is 60.6 Å². The number of fused-ring (bicyclic) bond motifs is 1. The van der Waals surface area contributed by atoms with Crippen LogP contribution in [-0.2, 0) is 83.2 Å². The van der Waals surface area contributed by atoms with Gasteiger partial charge in [0.1, 0.15) is 54.0 Å². The number of rotatable bonds is 36. The Balaban J connectivity index is 1.30. The van der Waals surface area contributed by atoms with E-state index in [1.165, 1.54) is 6.08 Å². The van der Waals surface area contributed by atoms with Crippen LogP contribution in [0.3, 0.4) is 0 Å². The summed E-state index contributed by atoms with van der Waals surface area (Å²) in [6.07, 6.45) is 1.55. The number of aldehydes is 1. The van der Waals surface area contributed by atoms with E-state index in [4.69, 9.17) is 28.7 Å². The number of nitrogens with zero attached hydrogens (tertiary/aromatic N) is 2. The Morgan fingerprint density at radius 3 is 1.79 bits per heavy atom. The number of hydrogen-bond donors (Lipinski definition) is 13. The summed E-state index contributed by atoms with van der Waals surface area (Å²) in [6, 6.07) is 14.5. The van der Waals surface area contributed by atoms with Crippen molar-refractivity contribution in [2.45, 2.75) is 153 Å². The number of aromatic hydroxyl groups is 1. The van der Waals surface area contributed by atoms with Crippen molar-refractivity contribution in [1.82, 2.24) is 46.7 Å². The fourth-order valence-corrected chi connectivity index (χ4v) is 13.0. The van der Waals surface area contributed by atoms with Crippen LogP contribution in [0.2, 0.25) is 0 Å². The average Bonchev–Trinajstić information content (AvgIpc) is 1.79. The minimum absolute atomic E-state index is 0.0280. The van der Waals surface area contributed by atoms with Crippen molar-refractivity contribution in [3.63, 3.8) is 0 Å². The van der Waals surface area contributed by atoms with E-state index >= 15 is 19.2 Å². The molecule has 0 saturated carbocycles. The van der Waals surface area contributed by atoms with Crippen molar-refractivity contribution in [2.24, 2.45) is 40.5 Å². The number of halogens is 2. The van der Waals surface area contributed by atoms with Crippen LogP contribution in [0.25, 0.3) is 10.9 Å². The van der Waals surface area contributed by atoms with E-state index in [-0.39, 0.29) is 81.8 Å². The van der Waals surface area contributed by atoms with Crippen LogP contribution >= 0.6 is 45.2 Å². The molecule has 29 heteroatoms. The monoisotopic (exact) mass is 1560 g/mol. The maximum absolute atomic E-state index is 15.7. The van der Waals surface area contributed by atoms with Crippen molar-refractivity contribution in [3.8, 4) is 5.75 Å². The number of phenolic OH excluding ortho intramolecular Hbond substituents is 1. The lowest BCUT2D eigenvalue weighted by atomic mass is 9.99. The van der Waals surface area contributed by atoms with Gasteiger partial charge in [-0.3, -0.25) is 57.6 Å². The largest absolute Gasteiger partial charge is 0.506 e. The van der Waals surface area contributed by atoms with Gasteiger partial charge in [0.2, 0.25) is 47.3 Å². The second-order valence-electron chi connectivity index (χ2n) is 24.6. The van der Waals surface area contributed by atoms with Crippen molar-refractivity contribution in [3.05, 3.63) is 144 Å². The summed E-state index contributed by atoms with van der Waals surface area (Å²) < 4.78 is 1.14. The molecule has 5 aromatic rings. The molecular formula is C68H86I2N14O13. The summed E-state index contributed by atoms with van der Waals surface area (Å²) in [4.78, 5) is 174. The number of hydrogen-bond acceptors (Lipinski definition) is 16. The summed E-state index contributed by atoms with van der Waals surface area (Å²) in [5, 5.41) is 27.2. The van der Waals surface area contributed by atoms with Gasteiger partial charge in [0.15, 0.2) is 0 Å². The van der Waals surface area contributed by atoms with Gasteiger partial charge in [-0.1, -0.05) is 113 Å². The number of benzene rings is 4. The summed E-state index contributed by atoms with van der Waals surface area (Å²) in [7, 11) is 0. The number of amides is 11. The van der Waals surface area contributed by atoms with E-state index in [9.17, 15) is 43.5 Å². The molecule has 11 amide bonds. The first-order valence-electron chi connectivity index (χ1n) is 31.8. The number of imide groups is 1. The Hall–Kier alpha value is -8.66. The molecule has 0 unspecified atom stereocenters. The van der Waals surface area contributed by atoms with Crippen LogP contribution in [0, 0.1) is 19.0 Å². The molecule has 97 heavy (non-hydrogen) atoms. The number of aromatic amines is 1. The Morgan fingerprint density at radius 2 is 1.20 bits per heavy atom. The van der Waals surface area contributed by atoms with Crippen LogP contribution in [0.1, 0.15) is 94.9 Å². The predicted octanol–water partition coefficient (Wildman–Crippen LogP) is 1.54. The fourth-order valence-electron chi connectivity index (χ4n) is 11.1. The molecule has 4 aromatic carbocycles. The second-order valence-corrected chi connectivity index (χ2v) is 26.9. The zero-order valence-electron chi connectivity index (χ0n) is 54.4. The SMILES string of the molecule is CC(C)C[C@H](NC(=O)[C@H](CCCN)NC(=O)[C@@H](NC(=O)[C@@H](N)Cc1cc(I)c(O)c(I)c1)C(C)C)C(=O)N[C@H](Cc1ccccc1)C(=O)N1CCC=C1C(=O)N[C@@H](Cc1c[nH]c2ccccc12)C(=O)N(C(=O)[C@H](CCC(N)=O)NC(=O)[C@@H](N)CC(N)=O)[C@@H](C=O)Cc1ccccc1. The minimum atomic E-state index is -1.77. The molecule has 0 fully saturated rings. The molecule has 2 heterocycles. The number of para-hydroxylation sites is 1. The predicted molar refractivity (Wildman–Crippen MR) is 378 cm³/mol. The molecule has 1 aliphatic heterocycles. The van der Waals surface area contributed by atoms with Gasteiger partial charge < -0.3 is 80.4 Å². The van der Waals surface area contributed by atoms with Gasteiger partial charge in [0.05, 0.1) is 31.7 Å². The van der Waals surface area contributed by atoms with Crippen LogP contribution in [-0.4, -0.2) is 159 Å². The van der Waals surface area contributed by atoms with Gasteiger partial charge in [0, 0.05) is 49.3 Å². The number of nitrogens with two attached hydrogens (primary N) is 5. The first-order valence-corrected chi connectivity index (χ1v) is 34.0. The molecule has 6 rings (SSSR count). The molecular weight excluding hydrogens is 1470 g/mol. The summed E-state index contributed by atoms with van der Waals surface area (Å²) in [5.74, 6) is -10.5. The lowest BCUT2D eigenvalue weighted by Crippen LogP contribution is -2.61. The lowest BCUT2D eigenvalue weighted by molar-refractivity contribution is -0.153. The standard InChI is InChI=1S/C68H86I2N14O13/c1-37(2)27-52(79-62(91)50(21-13-25-71)77-65(94)58(38(3)4)82-61(90)47(72)31-41-29-45(69)59(88)46(70)30-41)63(92)80-53(32-40-17-9-6-10-18-40)66(95)83-26-14-22-55(83)64(93)81-54(33-42-35-76-49-20-12-11-19-44(42)49)68(97)84(43(36-85)28-39-15-7-5-8-16-39)67(96)51(23-24-56(74)86)78-60(89)48(73)34-57(75)87/h5-12,15-20,22,29-30,35-38,43,47-48,50-54,58,76,88H,13-14,21,23-28,31-34,71-73H2,1-4H3,(H2,74,86)(H2,75,87)(H,77,94)(H,78,89)(H,79,91)(H,80,92)(H,81,93)(H,82,90)/t43-,47+,48+,50+,51+,52+,53-,54+,58+/m1/s1.